The number of carbonyl (C=O) groups excluding carboxylic acids is 1. The van der Waals surface area contributed by atoms with Gasteiger partial charge in [-0.15, -0.1) is 0 Å². The molecule has 0 unspecified atom stereocenters. The second-order valence-corrected chi connectivity index (χ2v) is 12.0. The molecular weight excluding hydrogens is 597 g/mol. The summed E-state index contributed by atoms with van der Waals surface area (Å²) in [6, 6.07) is 5.39. The fraction of sp³-hybridized carbons (Fsp3) is 0.367. The van der Waals surface area contributed by atoms with Gasteiger partial charge in [0.15, 0.2) is 0 Å². The number of aliphatic imine (C=N–C) groups is 1. The number of nitrogens with one attached hydrogen (secondary N) is 2. The third kappa shape index (κ3) is 7.21. The third-order valence-electron chi connectivity index (χ3n) is 7.12. The second kappa shape index (κ2) is 12.7. The predicted molar refractivity (Wildman–Crippen MR) is 162 cm³/mol. The second-order valence-electron chi connectivity index (χ2n) is 11.5. The van der Waals surface area contributed by atoms with Crippen LogP contribution < -0.4 is 16.4 Å². The van der Waals surface area contributed by atoms with Crippen molar-refractivity contribution in [3.05, 3.63) is 71.3 Å². The zero-order chi connectivity index (χ0) is 31.6. The van der Waals surface area contributed by atoms with Crippen LogP contribution in [0.25, 0.3) is 16.6 Å². The zero-order valence-electron chi connectivity index (χ0n) is 24.3. The van der Waals surface area contributed by atoms with Gasteiger partial charge in [-0.1, -0.05) is 11.6 Å². The highest BCUT2D eigenvalue weighted by Crippen LogP contribution is 2.35. The lowest BCUT2D eigenvalue weighted by molar-refractivity contribution is 0.0492. The van der Waals surface area contributed by atoms with Crippen LogP contribution in [-0.2, 0) is 4.74 Å². The maximum Gasteiger partial charge on any atom is 0.407 e. The van der Waals surface area contributed by atoms with Crippen molar-refractivity contribution in [1.29, 1.82) is 0 Å². The molecule has 14 heteroatoms. The van der Waals surface area contributed by atoms with E-state index in [-0.39, 0.29) is 34.2 Å². The number of benzene rings is 1. The first-order valence-corrected chi connectivity index (χ1v) is 14.4. The van der Waals surface area contributed by atoms with Crippen molar-refractivity contribution in [1.82, 2.24) is 24.9 Å². The Morgan fingerprint density at radius 3 is 2.59 bits per heavy atom. The molecule has 3 heterocycles. The van der Waals surface area contributed by atoms with Crippen LogP contribution in [-0.4, -0.2) is 49.2 Å². The van der Waals surface area contributed by atoms with Gasteiger partial charge in [0.25, 0.3) is 6.43 Å². The van der Waals surface area contributed by atoms with Crippen LogP contribution in [0.4, 0.5) is 29.3 Å². The Morgan fingerprint density at radius 1 is 1.16 bits per heavy atom. The normalized spacial score (nSPS) is 17.6. The van der Waals surface area contributed by atoms with Gasteiger partial charge in [0, 0.05) is 41.7 Å². The molecule has 0 bridgehead atoms. The lowest BCUT2D eigenvalue weighted by Gasteiger charge is -2.31. The number of amides is 1. The van der Waals surface area contributed by atoms with E-state index in [4.69, 9.17) is 22.1 Å². The molecule has 4 N–H and O–H groups in total. The fourth-order valence-electron chi connectivity index (χ4n) is 5.11. The number of hydrogen-bond acceptors (Lipinski definition) is 7. The minimum atomic E-state index is -2.81. The molecule has 232 valence electrons. The Balaban J connectivity index is 1.49. The predicted octanol–water partition coefficient (Wildman–Crippen LogP) is 6.81. The van der Waals surface area contributed by atoms with Crippen molar-refractivity contribution in [2.24, 2.45) is 10.7 Å². The Labute approximate surface area is 256 Å². The number of aromatic nitrogens is 4. The molecule has 0 aliphatic heterocycles. The number of alkyl halides is 2. The van der Waals surface area contributed by atoms with Crippen LogP contribution in [0.5, 0.6) is 0 Å². The quantitative estimate of drug-likeness (QED) is 0.151. The van der Waals surface area contributed by atoms with Crippen LogP contribution >= 0.6 is 11.6 Å². The van der Waals surface area contributed by atoms with Gasteiger partial charge in [-0.2, -0.15) is 5.10 Å². The van der Waals surface area contributed by atoms with E-state index in [0.29, 0.717) is 48.0 Å². The maximum absolute atomic E-state index is 13.9. The molecule has 5 rings (SSSR count). The number of fused-ring (bicyclic) bond motifs is 1. The van der Waals surface area contributed by atoms with Gasteiger partial charge in [-0.25, -0.2) is 37.4 Å². The van der Waals surface area contributed by atoms with Gasteiger partial charge in [0.1, 0.15) is 29.3 Å². The molecular formula is C30H32ClF3N8O2. The van der Waals surface area contributed by atoms with Crippen molar-refractivity contribution in [3.63, 3.8) is 0 Å². The van der Waals surface area contributed by atoms with Crippen molar-refractivity contribution >= 4 is 40.4 Å². The van der Waals surface area contributed by atoms with Gasteiger partial charge < -0.3 is 21.1 Å². The van der Waals surface area contributed by atoms with E-state index >= 15 is 0 Å². The molecule has 1 fully saturated rings. The molecule has 1 aromatic carbocycles. The molecule has 0 radical (unpaired) electrons. The first-order valence-electron chi connectivity index (χ1n) is 14.0. The summed E-state index contributed by atoms with van der Waals surface area (Å²) in [5.74, 6) is -0.505. The number of nitrogens with zero attached hydrogens (tertiary/aromatic N) is 5. The number of ether oxygens (including phenoxy) is 1. The van der Waals surface area contributed by atoms with Crippen molar-refractivity contribution in [2.45, 2.75) is 70.6 Å². The molecule has 1 saturated carbocycles. The molecule has 44 heavy (non-hydrogen) atoms. The number of carbonyl (C=O) groups is 1. The molecule has 1 amide bonds. The highest BCUT2D eigenvalue weighted by Gasteiger charge is 2.27. The summed E-state index contributed by atoms with van der Waals surface area (Å²) in [7, 11) is 0. The summed E-state index contributed by atoms with van der Waals surface area (Å²) in [5, 5.41) is 11.1. The number of nitrogens with two attached hydrogens (primary N) is 1. The van der Waals surface area contributed by atoms with Crippen LogP contribution in [0, 0.1) is 5.82 Å². The molecule has 10 nitrogen and oxygen atoms in total. The number of amidine groups is 1. The minimum absolute atomic E-state index is 0.0225. The summed E-state index contributed by atoms with van der Waals surface area (Å²) < 4.78 is 48.4. The third-order valence-corrected chi connectivity index (χ3v) is 7.44. The average Bonchev–Trinajstić information content (AvgIpc) is 3.40. The van der Waals surface area contributed by atoms with Crippen LogP contribution in [0.1, 0.15) is 64.1 Å². The summed E-state index contributed by atoms with van der Waals surface area (Å²) in [5.41, 5.74) is 7.71. The Kier molecular flexibility index (Phi) is 8.95. The van der Waals surface area contributed by atoms with Gasteiger partial charge >= 0.3 is 6.09 Å². The van der Waals surface area contributed by atoms with Crippen molar-refractivity contribution < 1.29 is 22.7 Å². The first-order chi connectivity index (χ1) is 20.9. The smallest absolute Gasteiger partial charge is 0.407 e. The number of halogens is 4. The van der Waals surface area contributed by atoms with E-state index in [0.717, 1.165) is 6.33 Å². The van der Waals surface area contributed by atoms with E-state index in [2.05, 4.69) is 30.7 Å². The minimum Gasteiger partial charge on any atom is -0.444 e. The highest BCUT2D eigenvalue weighted by atomic mass is 35.5. The maximum atomic E-state index is 13.9. The molecule has 1 aliphatic carbocycles. The first kappa shape index (κ1) is 31.0. The molecule has 0 spiro atoms. The number of anilines is 1. The molecule has 4 aromatic rings. The number of alkyl carbamates (subject to hydrolysis) is 1. The van der Waals surface area contributed by atoms with Gasteiger partial charge in [-0.05, 0) is 64.7 Å². The molecule has 3 aromatic heterocycles. The topological polar surface area (TPSA) is 132 Å². The lowest BCUT2D eigenvalue weighted by atomic mass is 9.91. The molecule has 0 saturated heterocycles. The fourth-order valence-corrected chi connectivity index (χ4v) is 5.27. The molecule has 1 aliphatic rings. The lowest BCUT2D eigenvalue weighted by Crippen LogP contribution is -2.42. The monoisotopic (exact) mass is 628 g/mol. The molecule has 0 atom stereocenters. The number of rotatable bonds is 7. The Hall–Kier alpha value is -4.39. The number of hydrogen-bond donors (Lipinski definition) is 3. The summed E-state index contributed by atoms with van der Waals surface area (Å²) >= 11 is 6.24. The summed E-state index contributed by atoms with van der Waals surface area (Å²) in [4.78, 5) is 24.4. The summed E-state index contributed by atoms with van der Waals surface area (Å²) in [6.45, 7) is 5.43. The summed E-state index contributed by atoms with van der Waals surface area (Å²) in [6.07, 6.45) is 5.05. The van der Waals surface area contributed by atoms with Crippen molar-refractivity contribution in [2.75, 3.05) is 5.32 Å². The van der Waals surface area contributed by atoms with E-state index in [9.17, 15) is 18.0 Å². The van der Waals surface area contributed by atoms with E-state index in [1.165, 1.54) is 30.6 Å². The Bertz CT molecular complexity index is 1700. The Morgan fingerprint density at radius 2 is 1.89 bits per heavy atom. The van der Waals surface area contributed by atoms with E-state index in [1.54, 1.807) is 16.8 Å². The zero-order valence-corrected chi connectivity index (χ0v) is 25.1. The van der Waals surface area contributed by atoms with Gasteiger partial charge in [-0.3, -0.25) is 0 Å². The van der Waals surface area contributed by atoms with E-state index in [1.807, 2.05) is 20.8 Å². The highest BCUT2D eigenvalue weighted by molar-refractivity contribution is 6.33. The standard InChI is InChI=1S/C30H32ClF3N8O2/c1-30(2,3)44-29(43)40-19-7-5-18(6-8-19)39-25-21(28(35)41-23-11-17(32)4-9-22(23)31)13-38-42-14-16(10-24(25)42)20-12-36-15-37-26(20)27(33)34/h4,9-15,18-19,27,39H,5-8H2,1-3H3,(H2,35,41)(H,40,43)/t18-,19-. The van der Waals surface area contributed by atoms with Gasteiger partial charge in [0.2, 0.25) is 0 Å². The van der Waals surface area contributed by atoms with Crippen LogP contribution in [0.3, 0.4) is 0 Å². The van der Waals surface area contributed by atoms with E-state index < -0.39 is 29.6 Å². The largest absolute Gasteiger partial charge is 0.444 e. The van der Waals surface area contributed by atoms with Crippen molar-refractivity contribution in [3.8, 4) is 11.1 Å². The van der Waals surface area contributed by atoms with Gasteiger partial charge in [0.05, 0.1) is 33.7 Å². The van der Waals surface area contributed by atoms with Crippen LogP contribution in [0.15, 0.2) is 54.2 Å². The van der Waals surface area contributed by atoms with Crippen LogP contribution in [0.2, 0.25) is 5.02 Å². The SMILES string of the molecule is CC(C)(C)OC(=O)N[C@H]1CC[C@H](Nc2c(/C(N)=N/c3cc(F)ccc3Cl)cnn3cc(-c4cncnc4C(F)F)cc23)CC1. The average molecular weight is 629 g/mol.